The molecule has 2 saturated heterocycles. The first kappa shape index (κ1) is 17.1. The molecule has 3 heterocycles. The van der Waals surface area contributed by atoms with Gasteiger partial charge in [-0.15, -0.1) is 0 Å². The zero-order valence-corrected chi connectivity index (χ0v) is 14.1. The maximum atomic E-state index is 13.2. The van der Waals surface area contributed by atoms with E-state index in [0.717, 1.165) is 38.7 Å². The van der Waals surface area contributed by atoms with Gasteiger partial charge in [-0.2, -0.15) is 0 Å². The van der Waals surface area contributed by atoms with Crippen LogP contribution in [-0.4, -0.2) is 53.7 Å². The largest absolute Gasteiger partial charge is 0.493 e. The average Bonchev–Trinajstić information content (AvgIpc) is 3.02. The number of nitrogens with zero attached hydrogens (tertiary/aromatic N) is 4. The quantitative estimate of drug-likeness (QED) is 0.834. The van der Waals surface area contributed by atoms with Crippen LogP contribution in [0.25, 0.3) is 0 Å². The summed E-state index contributed by atoms with van der Waals surface area (Å²) in [5.74, 6) is -0.674. The molecule has 138 valence electrons. The molecule has 8 heteroatoms. The van der Waals surface area contributed by atoms with Crippen LogP contribution in [0.5, 0.6) is 5.75 Å². The maximum absolute atomic E-state index is 13.2. The van der Waals surface area contributed by atoms with Gasteiger partial charge in [0.05, 0.1) is 19.0 Å². The molecule has 1 aromatic heterocycles. The second-order valence-corrected chi connectivity index (χ2v) is 6.81. The predicted molar refractivity (Wildman–Crippen MR) is 89.5 cm³/mol. The van der Waals surface area contributed by atoms with Gasteiger partial charge >= 0.3 is 0 Å². The Labute approximate surface area is 149 Å². The summed E-state index contributed by atoms with van der Waals surface area (Å²) in [6.07, 6.45) is 3.28. The second kappa shape index (κ2) is 7.11. The van der Waals surface area contributed by atoms with Gasteiger partial charge in [0.25, 0.3) is 0 Å². The average molecular weight is 364 g/mol. The number of rotatable bonds is 4. The lowest BCUT2D eigenvalue weighted by molar-refractivity contribution is 0.216. The number of hydrogen-bond donors (Lipinski definition) is 0. The minimum Gasteiger partial charge on any atom is -0.493 e. The number of piperazine rings is 1. The zero-order chi connectivity index (χ0) is 18.1. The number of fused-ring (bicyclic) bond motifs is 1. The molecule has 2 unspecified atom stereocenters. The summed E-state index contributed by atoms with van der Waals surface area (Å²) in [5, 5.41) is 0. The number of anilines is 1. The Morgan fingerprint density at radius 2 is 1.69 bits per heavy atom. The third-order valence-electron chi connectivity index (χ3n) is 4.91. The fourth-order valence-electron chi connectivity index (χ4n) is 3.74. The maximum Gasteiger partial charge on any atom is 0.225 e. The Balaban J connectivity index is 1.33. The Morgan fingerprint density at radius 3 is 2.42 bits per heavy atom. The highest BCUT2D eigenvalue weighted by Crippen LogP contribution is 2.28. The van der Waals surface area contributed by atoms with Crippen LogP contribution in [0.15, 0.2) is 30.6 Å². The van der Waals surface area contributed by atoms with Crippen molar-refractivity contribution in [2.24, 2.45) is 5.92 Å². The van der Waals surface area contributed by atoms with E-state index in [-0.39, 0.29) is 5.75 Å². The monoisotopic (exact) mass is 364 g/mol. The van der Waals surface area contributed by atoms with Gasteiger partial charge in [-0.1, -0.05) is 0 Å². The first-order valence-corrected chi connectivity index (χ1v) is 8.62. The summed E-state index contributed by atoms with van der Waals surface area (Å²) in [7, 11) is 0. The molecule has 5 nitrogen and oxygen atoms in total. The molecule has 0 amide bonds. The van der Waals surface area contributed by atoms with Crippen molar-refractivity contribution in [1.82, 2.24) is 14.9 Å². The van der Waals surface area contributed by atoms with Crippen LogP contribution in [0.2, 0.25) is 0 Å². The lowest BCUT2D eigenvalue weighted by Crippen LogP contribution is -2.50. The van der Waals surface area contributed by atoms with Crippen molar-refractivity contribution < 1.29 is 17.9 Å². The van der Waals surface area contributed by atoms with E-state index in [1.165, 1.54) is 24.5 Å². The summed E-state index contributed by atoms with van der Waals surface area (Å²) in [5.41, 5.74) is 0. The van der Waals surface area contributed by atoms with E-state index in [0.29, 0.717) is 24.5 Å². The normalized spacial score (nSPS) is 23.1. The van der Waals surface area contributed by atoms with Crippen LogP contribution in [0.4, 0.5) is 19.1 Å². The third-order valence-corrected chi connectivity index (χ3v) is 4.91. The fourth-order valence-corrected chi connectivity index (χ4v) is 3.74. The Kier molecular flexibility index (Phi) is 4.67. The summed E-state index contributed by atoms with van der Waals surface area (Å²) in [6.45, 7) is 3.74. The topological polar surface area (TPSA) is 41.5 Å². The zero-order valence-electron chi connectivity index (χ0n) is 14.1. The van der Waals surface area contributed by atoms with Gasteiger partial charge in [-0.25, -0.2) is 23.1 Å². The number of halogens is 3. The molecule has 1 aromatic carbocycles. The molecule has 0 radical (unpaired) electrons. The van der Waals surface area contributed by atoms with Crippen LogP contribution < -0.4 is 9.64 Å². The van der Waals surface area contributed by atoms with Crippen molar-refractivity contribution in [3.8, 4) is 5.75 Å². The van der Waals surface area contributed by atoms with Crippen LogP contribution in [0, 0.1) is 23.4 Å². The third kappa shape index (κ3) is 3.75. The highest BCUT2D eigenvalue weighted by Gasteiger charge is 2.37. The van der Waals surface area contributed by atoms with Crippen molar-refractivity contribution in [3.05, 3.63) is 48.0 Å². The van der Waals surface area contributed by atoms with E-state index in [1.807, 2.05) is 0 Å². The van der Waals surface area contributed by atoms with Gasteiger partial charge < -0.3 is 9.64 Å². The number of ether oxygens (including phenoxy) is 1. The van der Waals surface area contributed by atoms with Gasteiger partial charge in [0.2, 0.25) is 5.95 Å². The molecule has 26 heavy (non-hydrogen) atoms. The van der Waals surface area contributed by atoms with Gasteiger partial charge in [0, 0.05) is 56.3 Å². The molecule has 2 fully saturated rings. The second-order valence-electron chi connectivity index (χ2n) is 6.81. The number of hydrogen-bond acceptors (Lipinski definition) is 5. The molecule has 4 rings (SSSR count). The molecule has 2 aromatic rings. The van der Waals surface area contributed by atoms with Gasteiger partial charge in [-0.05, 0) is 6.42 Å². The van der Waals surface area contributed by atoms with E-state index >= 15 is 0 Å². The molecule has 0 bridgehead atoms. The van der Waals surface area contributed by atoms with Crippen molar-refractivity contribution in [2.75, 3.05) is 37.7 Å². The van der Waals surface area contributed by atoms with Crippen LogP contribution in [0.3, 0.4) is 0 Å². The van der Waals surface area contributed by atoms with Crippen molar-refractivity contribution in [3.63, 3.8) is 0 Å². The van der Waals surface area contributed by atoms with Crippen molar-refractivity contribution >= 4 is 5.95 Å². The Hall–Kier alpha value is -2.35. The lowest BCUT2D eigenvalue weighted by Gasteiger charge is -2.37. The van der Waals surface area contributed by atoms with E-state index < -0.39 is 17.5 Å². The predicted octanol–water partition coefficient (Wildman–Crippen LogP) is 2.48. The summed E-state index contributed by atoms with van der Waals surface area (Å²) < 4.78 is 45.0. The van der Waals surface area contributed by atoms with Gasteiger partial charge in [0.1, 0.15) is 17.4 Å². The first-order chi connectivity index (χ1) is 12.6. The lowest BCUT2D eigenvalue weighted by atomic mass is 10.1. The Morgan fingerprint density at radius 1 is 0.962 bits per heavy atom. The van der Waals surface area contributed by atoms with E-state index in [4.69, 9.17) is 4.74 Å². The molecule has 0 N–H and O–H groups in total. The van der Waals surface area contributed by atoms with Gasteiger partial charge in [0.15, 0.2) is 5.82 Å². The highest BCUT2D eigenvalue weighted by atomic mass is 19.1. The highest BCUT2D eigenvalue weighted by molar-refractivity contribution is 5.30. The minimum absolute atomic E-state index is 0.216. The van der Waals surface area contributed by atoms with Gasteiger partial charge in [-0.3, -0.25) is 4.90 Å². The number of benzene rings is 1. The van der Waals surface area contributed by atoms with Crippen LogP contribution in [-0.2, 0) is 0 Å². The Bertz CT molecular complexity index is 753. The molecule has 0 spiro atoms. The molecular weight excluding hydrogens is 345 g/mol. The van der Waals surface area contributed by atoms with Crippen LogP contribution >= 0.6 is 0 Å². The van der Waals surface area contributed by atoms with E-state index in [9.17, 15) is 13.2 Å². The molecule has 2 aliphatic heterocycles. The smallest absolute Gasteiger partial charge is 0.225 e. The summed E-state index contributed by atoms with van der Waals surface area (Å²) >= 11 is 0. The summed E-state index contributed by atoms with van der Waals surface area (Å²) in [4.78, 5) is 12.6. The molecule has 2 aliphatic rings. The van der Waals surface area contributed by atoms with Crippen molar-refractivity contribution in [2.45, 2.75) is 12.5 Å². The number of aromatic nitrogens is 2. The van der Waals surface area contributed by atoms with E-state index in [1.54, 1.807) is 0 Å². The van der Waals surface area contributed by atoms with Crippen LogP contribution in [0.1, 0.15) is 6.42 Å². The van der Waals surface area contributed by atoms with Crippen molar-refractivity contribution in [1.29, 1.82) is 0 Å². The molecule has 0 aliphatic carbocycles. The molecule has 0 saturated carbocycles. The SMILES string of the molecule is Fc1cnc(N2CCN3CC(COc4cc(F)cc(F)c4)CC3C2)nc1. The van der Waals surface area contributed by atoms with E-state index in [2.05, 4.69) is 19.8 Å². The minimum atomic E-state index is -0.640. The summed E-state index contributed by atoms with van der Waals surface area (Å²) in [6, 6.07) is 3.56. The fraction of sp³-hybridized carbons (Fsp3) is 0.444. The molecule has 2 atom stereocenters. The first-order valence-electron chi connectivity index (χ1n) is 8.62. The standard InChI is InChI=1S/C18H19F3N4O/c19-13-4-14(20)6-17(5-13)26-11-12-3-16-10-25(2-1-24(16)9-12)18-22-7-15(21)8-23-18/h4-8,12,16H,1-3,9-11H2. The molecular formula is C18H19F3N4O.